The van der Waals surface area contributed by atoms with Crippen LogP contribution >= 0.6 is 0 Å². The van der Waals surface area contributed by atoms with Crippen LogP contribution in [0.4, 0.5) is 0 Å². The van der Waals surface area contributed by atoms with Gasteiger partial charge in [-0.3, -0.25) is 9.20 Å². The molecule has 2 aromatic heterocycles. The highest BCUT2D eigenvalue weighted by atomic mass is 16.1. The first-order valence-electron chi connectivity index (χ1n) is 15.9. The van der Waals surface area contributed by atoms with Gasteiger partial charge in [-0.05, 0) is 107 Å². The molecule has 1 unspecified atom stereocenters. The summed E-state index contributed by atoms with van der Waals surface area (Å²) in [5, 5.41) is 3.39. The van der Waals surface area contributed by atoms with Crippen LogP contribution in [0.3, 0.4) is 0 Å². The van der Waals surface area contributed by atoms with Gasteiger partial charge in [-0.2, -0.15) is 0 Å². The van der Waals surface area contributed by atoms with Gasteiger partial charge in [0.2, 0.25) is 0 Å². The van der Waals surface area contributed by atoms with Crippen LogP contribution in [0, 0.1) is 6.92 Å². The van der Waals surface area contributed by atoms with E-state index in [4.69, 9.17) is 0 Å². The van der Waals surface area contributed by atoms with Gasteiger partial charge in [0.05, 0.1) is 11.0 Å². The lowest BCUT2D eigenvalue weighted by Crippen LogP contribution is -2.17. The molecule has 0 fully saturated rings. The second-order valence-corrected chi connectivity index (χ2v) is 12.3. The Morgan fingerprint density at radius 2 is 1.55 bits per heavy atom. The van der Waals surface area contributed by atoms with Crippen LogP contribution in [0.15, 0.2) is 120 Å². The minimum atomic E-state index is 0.0689. The molecule has 0 bridgehead atoms. The average molecular weight is 570 g/mol. The van der Waals surface area contributed by atoms with Crippen LogP contribution in [0.5, 0.6) is 0 Å². The number of para-hydroxylation sites is 1. The highest BCUT2D eigenvalue weighted by Gasteiger charge is 2.25. The van der Waals surface area contributed by atoms with Gasteiger partial charge >= 0.3 is 0 Å². The number of aromatic nitrogens is 1. The van der Waals surface area contributed by atoms with Crippen molar-refractivity contribution in [2.45, 2.75) is 45.4 Å². The van der Waals surface area contributed by atoms with Crippen LogP contribution < -0.4 is 5.56 Å². The summed E-state index contributed by atoms with van der Waals surface area (Å²) in [6.45, 7) is 4.11. The van der Waals surface area contributed by atoms with E-state index in [9.17, 15) is 4.79 Å². The van der Waals surface area contributed by atoms with Crippen LogP contribution in [0.1, 0.15) is 53.5 Å². The molecule has 2 heterocycles. The van der Waals surface area contributed by atoms with Crippen molar-refractivity contribution in [2.75, 3.05) is 0 Å². The first-order chi connectivity index (χ1) is 21.6. The number of hydrogen-bond donors (Lipinski definition) is 0. The fourth-order valence-electron chi connectivity index (χ4n) is 7.52. The van der Waals surface area contributed by atoms with Crippen molar-refractivity contribution in [3.63, 3.8) is 0 Å². The highest BCUT2D eigenvalue weighted by Crippen LogP contribution is 2.44. The number of pyridine rings is 1. The third-order valence-corrected chi connectivity index (χ3v) is 9.73. The van der Waals surface area contributed by atoms with Gasteiger partial charge in [-0.1, -0.05) is 104 Å². The molecule has 2 heteroatoms. The zero-order valence-corrected chi connectivity index (χ0v) is 25.3. The minimum Gasteiger partial charge on any atom is -0.275 e. The normalized spacial score (nSPS) is 14.5. The quantitative estimate of drug-likeness (QED) is 0.195. The molecule has 0 N–H and O–H groups in total. The molecule has 0 saturated carbocycles. The summed E-state index contributed by atoms with van der Waals surface area (Å²) in [4.78, 5) is 13.7. The lowest BCUT2D eigenvalue weighted by Gasteiger charge is -2.28. The Bertz CT molecular complexity index is 2270. The van der Waals surface area contributed by atoms with Crippen LogP contribution in [0.25, 0.3) is 55.5 Å². The van der Waals surface area contributed by atoms with E-state index in [-0.39, 0.29) is 5.56 Å². The molecule has 2 nitrogen and oxygen atoms in total. The molecule has 1 aliphatic rings. The summed E-state index contributed by atoms with van der Waals surface area (Å²) >= 11 is 0. The molecule has 8 rings (SSSR count). The summed E-state index contributed by atoms with van der Waals surface area (Å²) in [5.41, 5.74) is 13.3. The smallest absolute Gasteiger partial charge is 0.259 e. The summed E-state index contributed by atoms with van der Waals surface area (Å²) in [5.74, 6) is 0.509. The molecule has 1 atom stereocenters. The van der Waals surface area contributed by atoms with Gasteiger partial charge < -0.3 is 0 Å². The molecule has 0 amide bonds. The highest BCUT2D eigenvalue weighted by molar-refractivity contribution is 6.17. The monoisotopic (exact) mass is 569 g/mol. The molecule has 7 aromatic rings. The second-order valence-electron chi connectivity index (χ2n) is 12.3. The summed E-state index contributed by atoms with van der Waals surface area (Å²) in [6.07, 6.45) is 8.53. The fraction of sp³-hybridized carbons (Fsp3) is 0.167. The maximum absolute atomic E-state index is 13.7. The zero-order chi connectivity index (χ0) is 29.8. The molecule has 44 heavy (non-hydrogen) atoms. The molecule has 1 aliphatic carbocycles. The lowest BCUT2D eigenvalue weighted by atomic mass is 9.76. The predicted octanol–water partition coefficient (Wildman–Crippen LogP) is 10.4. The van der Waals surface area contributed by atoms with Gasteiger partial charge in [-0.15, -0.1) is 0 Å². The van der Waals surface area contributed by atoms with E-state index >= 15 is 0 Å². The number of allylic oxidation sites excluding steroid dienone is 1. The molecule has 214 valence electrons. The van der Waals surface area contributed by atoms with E-state index < -0.39 is 0 Å². The predicted molar refractivity (Wildman–Crippen MR) is 186 cm³/mol. The van der Waals surface area contributed by atoms with Gasteiger partial charge in [0.1, 0.15) is 0 Å². The standard InChI is InChI=1S/C42H35NO/c1-3-4-14-33-27(2)42(44)43-40-18-11-10-17-36(40)39-26-32(25-38(33)41(39)43)29-21-22-31-23-30(20-19-28-12-6-5-7-13-28)34-15-8-9-16-35(34)37(31)24-29/h4-18,21-22,24-26,30H,3,19-20,23H2,1-2H3/b14-4-. The molecule has 0 aliphatic heterocycles. The molecular formula is C42H35NO. The van der Waals surface area contributed by atoms with E-state index in [0.717, 1.165) is 64.0 Å². The number of fused-ring (bicyclic) bond motifs is 6. The van der Waals surface area contributed by atoms with E-state index in [2.05, 4.69) is 122 Å². The van der Waals surface area contributed by atoms with Crippen LogP contribution in [0.2, 0.25) is 0 Å². The van der Waals surface area contributed by atoms with Crippen molar-refractivity contribution in [2.24, 2.45) is 0 Å². The first kappa shape index (κ1) is 26.7. The maximum atomic E-state index is 13.7. The molecule has 0 saturated heterocycles. The molecule has 0 radical (unpaired) electrons. The van der Waals surface area contributed by atoms with Crippen LogP contribution in [-0.4, -0.2) is 4.40 Å². The van der Waals surface area contributed by atoms with Crippen molar-refractivity contribution in [1.82, 2.24) is 4.40 Å². The fourth-order valence-corrected chi connectivity index (χ4v) is 7.52. The van der Waals surface area contributed by atoms with E-state index in [1.165, 1.54) is 38.9 Å². The third kappa shape index (κ3) is 4.20. The Hall–Kier alpha value is -4.95. The van der Waals surface area contributed by atoms with Crippen molar-refractivity contribution >= 4 is 33.3 Å². The Morgan fingerprint density at radius 1 is 0.773 bits per heavy atom. The Morgan fingerprint density at radius 3 is 2.41 bits per heavy atom. The number of nitrogens with zero attached hydrogens (tertiary/aromatic N) is 1. The second kappa shape index (κ2) is 10.6. The Kier molecular flexibility index (Phi) is 6.45. The van der Waals surface area contributed by atoms with E-state index in [1.807, 2.05) is 17.4 Å². The van der Waals surface area contributed by atoms with Crippen molar-refractivity contribution < 1.29 is 0 Å². The molecule has 5 aromatic carbocycles. The van der Waals surface area contributed by atoms with Crippen LogP contribution in [-0.2, 0) is 12.8 Å². The molecular weight excluding hydrogens is 534 g/mol. The maximum Gasteiger partial charge on any atom is 0.259 e. The average Bonchev–Trinajstić information content (AvgIpc) is 3.41. The lowest BCUT2D eigenvalue weighted by molar-refractivity contribution is 0.616. The summed E-state index contributed by atoms with van der Waals surface area (Å²) in [7, 11) is 0. The van der Waals surface area contributed by atoms with Crippen molar-refractivity contribution in [3.05, 3.63) is 153 Å². The molecule has 0 spiro atoms. The topological polar surface area (TPSA) is 21.5 Å². The minimum absolute atomic E-state index is 0.0689. The van der Waals surface area contributed by atoms with E-state index in [1.54, 1.807) is 0 Å². The number of hydrogen-bond acceptors (Lipinski definition) is 1. The summed E-state index contributed by atoms with van der Waals surface area (Å²) in [6, 6.07) is 39.9. The van der Waals surface area contributed by atoms with Crippen molar-refractivity contribution in [1.29, 1.82) is 0 Å². The number of benzene rings is 5. The first-order valence-corrected chi connectivity index (χ1v) is 15.9. The van der Waals surface area contributed by atoms with Gasteiger partial charge in [-0.25, -0.2) is 0 Å². The van der Waals surface area contributed by atoms with Crippen molar-refractivity contribution in [3.8, 4) is 22.3 Å². The van der Waals surface area contributed by atoms with Gasteiger partial charge in [0.25, 0.3) is 5.56 Å². The Balaban J connectivity index is 1.29. The summed E-state index contributed by atoms with van der Waals surface area (Å²) < 4.78 is 1.93. The third-order valence-electron chi connectivity index (χ3n) is 9.73. The zero-order valence-electron chi connectivity index (χ0n) is 25.3. The van der Waals surface area contributed by atoms with Gasteiger partial charge in [0, 0.05) is 21.7 Å². The van der Waals surface area contributed by atoms with E-state index in [0.29, 0.717) is 5.92 Å². The number of aryl methyl sites for hydroxylation is 1. The van der Waals surface area contributed by atoms with Gasteiger partial charge in [0.15, 0.2) is 0 Å². The SMILES string of the molecule is CC/C=C\c1c(C)c(=O)n2c3ccccc3c3cc(-c4ccc5c(c4)-c4ccccc4C(CCc4ccccc4)C5)cc1c32. The Labute approximate surface area is 258 Å². The number of rotatable bonds is 6. The largest absolute Gasteiger partial charge is 0.275 e.